The topological polar surface area (TPSA) is 120 Å². The number of anilines is 1. The number of carbonyl (C=O) groups excluding carboxylic acids is 1. The predicted molar refractivity (Wildman–Crippen MR) is 124 cm³/mol. The summed E-state index contributed by atoms with van der Waals surface area (Å²) < 4.78 is 52.2. The summed E-state index contributed by atoms with van der Waals surface area (Å²) in [6, 6.07) is 17.5. The second-order valence-corrected chi connectivity index (χ2v) is 9.51. The first kappa shape index (κ1) is 23.5. The number of nitrogens with zero attached hydrogens (tertiary/aromatic N) is 3. The number of nitrogens with one attached hydrogen (secondary N) is 1. The van der Waals surface area contributed by atoms with Gasteiger partial charge in [-0.3, -0.25) is 9.36 Å². The smallest absolute Gasteiger partial charge is 0.238 e. The number of hydrogen-bond donors (Lipinski definition) is 2. The zero-order chi connectivity index (χ0) is 24.3. The van der Waals surface area contributed by atoms with Crippen molar-refractivity contribution in [1.29, 1.82) is 0 Å². The standard InChI is InChI=1S/C22H17F2N5O3S2/c23-15-6-11-19(18(24)12-15)29-21(14-4-2-1-3-5-14)27-28-22(29)33-13-20(30)26-16-7-9-17(10-8-16)34(25,31)32/h1-12H,13H2,(H,26,30)(H2,25,31,32). The largest absolute Gasteiger partial charge is 0.325 e. The molecule has 0 saturated carbocycles. The molecule has 0 aliphatic carbocycles. The Balaban J connectivity index is 1.57. The van der Waals surface area contributed by atoms with Gasteiger partial charge in [0, 0.05) is 17.3 Å². The van der Waals surface area contributed by atoms with Gasteiger partial charge in [-0.15, -0.1) is 10.2 Å². The van der Waals surface area contributed by atoms with Crippen molar-refractivity contribution >= 4 is 33.4 Å². The molecule has 4 aromatic rings. The first-order valence-corrected chi connectivity index (χ1v) is 12.3. The Morgan fingerprint density at radius 2 is 1.71 bits per heavy atom. The van der Waals surface area contributed by atoms with E-state index in [1.165, 1.54) is 34.9 Å². The second kappa shape index (κ2) is 9.71. The summed E-state index contributed by atoms with van der Waals surface area (Å²) in [5.74, 6) is -1.72. The third-order valence-electron chi connectivity index (χ3n) is 4.61. The maximum absolute atomic E-state index is 14.6. The first-order valence-electron chi connectivity index (χ1n) is 9.74. The van der Waals surface area contributed by atoms with Crippen LogP contribution in [0.25, 0.3) is 17.1 Å². The van der Waals surface area contributed by atoms with Gasteiger partial charge >= 0.3 is 0 Å². The molecule has 1 amide bonds. The van der Waals surface area contributed by atoms with E-state index in [9.17, 15) is 22.0 Å². The van der Waals surface area contributed by atoms with Crippen LogP contribution in [0.2, 0.25) is 0 Å². The van der Waals surface area contributed by atoms with Crippen molar-refractivity contribution in [2.45, 2.75) is 10.1 Å². The predicted octanol–water partition coefficient (Wildman–Crippen LogP) is 3.59. The quantitative estimate of drug-likeness (QED) is 0.374. The van der Waals surface area contributed by atoms with Gasteiger partial charge in [0.15, 0.2) is 11.0 Å². The van der Waals surface area contributed by atoms with Gasteiger partial charge in [-0.25, -0.2) is 22.3 Å². The summed E-state index contributed by atoms with van der Waals surface area (Å²) in [4.78, 5) is 12.4. The van der Waals surface area contributed by atoms with E-state index in [-0.39, 0.29) is 21.5 Å². The summed E-state index contributed by atoms with van der Waals surface area (Å²) in [6.07, 6.45) is 0. The van der Waals surface area contributed by atoms with E-state index >= 15 is 0 Å². The summed E-state index contributed by atoms with van der Waals surface area (Å²) in [5, 5.41) is 16.2. The van der Waals surface area contributed by atoms with E-state index in [4.69, 9.17) is 5.14 Å². The number of sulfonamides is 1. The van der Waals surface area contributed by atoms with Crippen molar-refractivity contribution in [3.63, 3.8) is 0 Å². The maximum atomic E-state index is 14.6. The minimum atomic E-state index is -3.84. The molecular formula is C22H17F2N5O3S2. The van der Waals surface area contributed by atoms with Gasteiger partial charge in [-0.2, -0.15) is 0 Å². The number of primary sulfonamides is 1. The van der Waals surface area contributed by atoms with Crippen LogP contribution in [-0.4, -0.2) is 34.8 Å². The molecule has 0 aliphatic heterocycles. The molecule has 0 bridgehead atoms. The average Bonchev–Trinajstić information content (AvgIpc) is 3.22. The van der Waals surface area contributed by atoms with E-state index in [1.54, 1.807) is 24.3 Å². The molecule has 174 valence electrons. The van der Waals surface area contributed by atoms with E-state index in [0.717, 1.165) is 23.9 Å². The van der Waals surface area contributed by atoms with E-state index < -0.39 is 27.6 Å². The molecule has 4 rings (SSSR count). The summed E-state index contributed by atoms with van der Waals surface area (Å²) in [6.45, 7) is 0. The Hall–Kier alpha value is -3.61. The molecule has 0 aliphatic rings. The van der Waals surface area contributed by atoms with Gasteiger partial charge in [-0.05, 0) is 36.4 Å². The summed E-state index contributed by atoms with van der Waals surface area (Å²) in [5.41, 5.74) is 1.06. The van der Waals surface area contributed by atoms with Gasteiger partial charge < -0.3 is 5.32 Å². The monoisotopic (exact) mass is 501 g/mol. The normalized spacial score (nSPS) is 11.4. The molecular weight excluding hydrogens is 484 g/mol. The van der Waals surface area contributed by atoms with Crippen molar-refractivity contribution in [3.05, 3.63) is 84.4 Å². The van der Waals surface area contributed by atoms with Crippen LogP contribution in [0.5, 0.6) is 0 Å². The Kier molecular flexibility index (Phi) is 6.72. The van der Waals surface area contributed by atoms with Crippen LogP contribution in [0, 0.1) is 11.6 Å². The molecule has 0 atom stereocenters. The molecule has 1 aromatic heterocycles. The number of halogens is 2. The fourth-order valence-electron chi connectivity index (χ4n) is 3.07. The number of thioether (sulfide) groups is 1. The SMILES string of the molecule is NS(=O)(=O)c1ccc(NC(=O)CSc2nnc(-c3ccccc3)n2-c2ccc(F)cc2F)cc1. The van der Waals surface area contributed by atoms with Crippen LogP contribution >= 0.6 is 11.8 Å². The minimum Gasteiger partial charge on any atom is -0.325 e. The number of amides is 1. The number of rotatable bonds is 7. The highest BCUT2D eigenvalue weighted by molar-refractivity contribution is 7.99. The fourth-order valence-corrected chi connectivity index (χ4v) is 4.33. The molecule has 0 saturated heterocycles. The van der Waals surface area contributed by atoms with Gasteiger partial charge in [0.05, 0.1) is 16.3 Å². The third-order valence-corrected chi connectivity index (χ3v) is 6.47. The summed E-state index contributed by atoms with van der Waals surface area (Å²) in [7, 11) is -3.84. The van der Waals surface area contributed by atoms with E-state index in [2.05, 4.69) is 15.5 Å². The van der Waals surface area contributed by atoms with Crippen LogP contribution in [0.1, 0.15) is 0 Å². The van der Waals surface area contributed by atoms with Gasteiger partial charge in [0.25, 0.3) is 0 Å². The highest BCUT2D eigenvalue weighted by Gasteiger charge is 2.20. The zero-order valence-electron chi connectivity index (χ0n) is 17.4. The average molecular weight is 502 g/mol. The minimum absolute atomic E-state index is 0.0340. The van der Waals surface area contributed by atoms with Gasteiger partial charge in [-0.1, -0.05) is 42.1 Å². The lowest BCUT2D eigenvalue weighted by Crippen LogP contribution is -2.15. The number of aromatic nitrogens is 3. The third kappa shape index (κ3) is 5.30. The molecule has 0 radical (unpaired) electrons. The molecule has 0 spiro atoms. The van der Waals surface area contributed by atoms with Crippen molar-refractivity contribution in [2.24, 2.45) is 5.14 Å². The maximum Gasteiger partial charge on any atom is 0.238 e. The number of benzene rings is 3. The molecule has 3 aromatic carbocycles. The van der Waals surface area contributed by atoms with Gasteiger partial charge in [0.2, 0.25) is 15.9 Å². The molecule has 1 heterocycles. The lowest BCUT2D eigenvalue weighted by molar-refractivity contribution is -0.113. The molecule has 8 nitrogen and oxygen atoms in total. The van der Waals surface area contributed by atoms with Crippen molar-refractivity contribution < 1.29 is 22.0 Å². The Morgan fingerprint density at radius 1 is 1.00 bits per heavy atom. The van der Waals surface area contributed by atoms with Crippen LogP contribution < -0.4 is 10.5 Å². The lowest BCUT2D eigenvalue weighted by Gasteiger charge is -2.11. The number of nitrogens with two attached hydrogens (primary N) is 1. The number of hydrogen-bond acceptors (Lipinski definition) is 6. The first-order chi connectivity index (χ1) is 16.2. The molecule has 34 heavy (non-hydrogen) atoms. The highest BCUT2D eigenvalue weighted by Crippen LogP contribution is 2.29. The second-order valence-electron chi connectivity index (χ2n) is 7.01. The van der Waals surface area contributed by atoms with Crippen LogP contribution in [0.4, 0.5) is 14.5 Å². The molecule has 0 unspecified atom stereocenters. The Bertz CT molecular complexity index is 1440. The van der Waals surface area contributed by atoms with Crippen LogP contribution in [0.3, 0.4) is 0 Å². The molecule has 3 N–H and O–H groups in total. The van der Waals surface area contributed by atoms with Crippen molar-refractivity contribution in [2.75, 3.05) is 11.1 Å². The van der Waals surface area contributed by atoms with Crippen molar-refractivity contribution in [1.82, 2.24) is 14.8 Å². The Morgan fingerprint density at radius 3 is 2.35 bits per heavy atom. The molecule has 12 heteroatoms. The van der Waals surface area contributed by atoms with Crippen LogP contribution in [0.15, 0.2) is 82.8 Å². The molecule has 0 fully saturated rings. The van der Waals surface area contributed by atoms with Crippen molar-refractivity contribution in [3.8, 4) is 17.1 Å². The zero-order valence-corrected chi connectivity index (χ0v) is 19.0. The summed E-state index contributed by atoms with van der Waals surface area (Å²) >= 11 is 1.01. The number of carbonyl (C=O) groups is 1. The van der Waals surface area contributed by atoms with E-state index in [1.807, 2.05) is 6.07 Å². The van der Waals surface area contributed by atoms with Crippen LogP contribution in [-0.2, 0) is 14.8 Å². The van der Waals surface area contributed by atoms with E-state index in [0.29, 0.717) is 17.1 Å². The lowest BCUT2D eigenvalue weighted by atomic mass is 10.2. The Labute approximate surface area is 197 Å². The van der Waals surface area contributed by atoms with Gasteiger partial charge in [0.1, 0.15) is 11.6 Å². The highest BCUT2D eigenvalue weighted by atomic mass is 32.2. The fraction of sp³-hybridized carbons (Fsp3) is 0.0455.